The second-order valence-corrected chi connectivity index (χ2v) is 8.59. The lowest BCUT2D eigenvalue weighted by Gasteiger charge is -2.34. The number of halogens is 2. The second kappa shape index (κ2) is 6.71. The van der Waals surface area contributed by atoms with Gasteiger partial charge in [0.2, 0.25) is 15.9 Å². The lowest BCUT2D eigenvalue weighted by atomic mass is 10.2. The van der Waals surface area contributed by atoms with E-state index in [1.807, 2.05) is 11.0 Å². The Morgan fingerprint density at radius 2 is 1.82 bits per heavy atom. The van der Waals surface area contributed by atoms with Crippen molar-refractivity contribution in [1.82, 2.24) is 9.29 Å². The van der Waals surface area contributed by atoms with Crippen LogP contribution in [0.2, 0.25) is 0 Å². The summed E-state index contributed by atoms with van der Waals surface area (Å²) in [6.07, 6.45) is 1.20. The number of benzene rings is 2. The Labute approximate surface area is 159 Å². The lowest BCUT2D eigenvalue weighted by molar-refractivity contribution is 0.388. The molecule has 1 saturated heterocycles. The molecule has 0 amide bonds. The Kier molecular flexibility index (Phi) is 4.47. The highest BCUT2D eigenvalue weighted by atomic mass is 32.2. The molecule has 1 fully saturated rings. The lowest BCUT2D eigenvalue weighted by Crippen LogP contribution is -2.48. The van der Waals surface area contributed by atoms with Gasteiger partial charge in [0.1, 0.15) is 5.52 Å². The van der Waals surface area contributed by atoms with E-state index in [1.54, 1.807) is 12.1 Å². The molecule has 10 heteroatoms. The number of oxazole rings is 1. The first-order valence-corrected chi connectivity index (χ1v) is 10.4. The molecular formula is C18H17F2N3O4S. The molecule has 0 unspecified atom stereocenters. The van der Waals surface area contributed by atoms with Crippen LogP contribution in [0.5, 0.6) is 5.75 Å². The zero-order valence-corrected chi connectivity index (χ0v) is 15.7. The third-order valence-electron chi connectivity index (χ3n) is 4.70. The molecule has 28 heavy (non-hydrogen) atoms. The fourth-order valence-electron chi connectivity index (χ4n) is 3.21. The minimum absolute atomic E-state index is 0.0586. The number of piperazine rings is 1. The van der Waals surface area contributed by atoms with E-state index in [9.17, 15) is 22.3 Å². The van der Waals surface area contributed by atoms with Crippen molar-refractivity contribution < 1.29 is 26.7 Å². The van der Waals surface area contributed by atoms with Crippen LogP contribution in [-0.2, 0) is 10.0 Å². The van der Waals surface area contributed by atoms with Gasteiger partial charge in [-0.2, -0.15) is 8.70 Å². The van der Waals surface area contributed by atoms with Crippen molar-refractivity contribution >= 4 is 26.8 Å². The first kappa shape index (κ1) is 18.6. The predicted molar refractivity (Wildman–Crippen MR) is 99.7 cm³/mol. The standard InChI is InChI=1S/C18H17F2N3O4S/c1-28(25,26)23-6-4-22(5-7-23)12-2-3-16-14(10-12)21-18(27-16)11-8-13(19)17(20)15(24)9-11/h2-3,8-10,24H,4-7H2,1H3. The SMILES string of the molecule is CS(=O)(=O)N1CCN(c2ccc3oc(-c4cc(O)c(F)c(F)c4)nc3c2)CC1. The van der Waals surface area contributed by atoms with Crippen LogP contribution in [-0.4, -0.2) is 55.2 Å². The minimum atomic E-state index is -3.20. The van der Waals surface area contributed by atoms with Crippen LogP contribution in [0.3, 0.4) is 0 Å². The third kappa shape index (κ3) is 3.40. The van der Waals surface area contributed by atoms with E-state index in [2.05, 4.69) is 4.98 Å². The number of rotatable bonds is 3. The Bertz CT molecular complexity index is 1130. The van der Waals surface area contributed by atoms with Gasteiger partial charge in [0.15, 0.2) is 23.0 Å². The number of hydrogen-bond donors (Lipinski definition) is 1. The first-order chi connectivity index (χ1) is 13.2. The number of anilines is 1. The van der Waals surface area contributed by atoms with Crippen LogP contribution in [0.1, 0.15) is 0 Å². The number of sulfonamides is 1. The molecule has 4 rings (SSSR count). The molecule has 7 nitrogen and oxygen atoms in total. The zero-order chi connectivity index (χ0) is 20.1. The van der Waals surface area contributed by atoms with Crippen molar-refractivity contribution in [3.8, 4) is 17.2 Å². The molecule has 3 aromatic rings. The molecule has 0 bridgehead atoms. The summed E-state index contributed by atoms with van der Waals surface area (Å²) in [7, 11) is -3.20. The summed E-state index contributed by atoms with van der Waals surface area (Å²) in [4.78, 5) is 6.35. The maximum absolute atomic E-state index is 13.5. The number of hydrogen-bond acceptors (Lipinski definition) is 6. The van der Waals surface area contributed by atoms with E-state index < -0.39 is 27.4 Å². The summed E-state index contributed by atoms with van der Waals surface area (Å²) in [6, 6.07) is 7.29. The highest BCUT2D eigenvalue weighted by Gasteiger charge is 2.24. The van der Waals surface area contributed by atoms with E-state index in [0.717, 1.165) is 17.8 Å². The molecule has 0 aliphatic carbocycles. The van der Waals surface area contributed by atoms with Crippen LogP contribution in [0, 0.1) is 11.6 Å². The highest BCUT2D eigenvalue weighted by molar-refractivity contribution is 7.88. The molecule has 148 valence electrons. The molecular weight excluding hydrogens is 392 g/mol. The summed E-state index contributed by atoms with van der Waals surface area (Å²) in [5, 5.41) is 9.47. The van der Waals surface area contributed by atoms with Crippen molar-refractivity contribution in [2.75, 3.05) is 37.3 Å². The van der Waals surface area contributed by atoms with Gasteiger partial charge < -0.3 is 14.4 Å². The Morgan fingerprint density at radius 1 is 1.11 bits per heavy atom. The number of phenols is 1. The maximum Gasteiger partial charge on any atom is 0.227 e. The van der Waals surface area contributed by atoms with Gasteiger partial charge in [0.25, 0.3) is 0 Å². The fraction of sp³-hybridized carbons (Fsp3) is 0.278. The minimum Gasteiger partial charge on any atom is -0.505 e. The molecule has 2 heterocycles. The maximum atomic E-state index is 13.5. The monoisotopic (exact) mass is 409 g/mol. The summed E-state index contributed by atoms with van der Waals surface area (Å²) >= 11 is 0. The van der Waals surface area contributed by atoms with E-state index in [1.165, 1.54) is 10.6 Å². The van der Waals surface area contributed by atoms with E-state index in [0.29, 0.717) is 37.3 Å². The molecule has 2 aromatic carbocycles. The number of phenolic OH excluding ortho intramolecular Hbond substituents is 1. The Balaban J connectivity index is 1.61. The van der Waals surface area contributed by atoms with Crippen molar-refractivity contribution in [2.45, 2.75) is 0 Å². The molecule has 0 radical (unpaired) electrons. The number of aromatic hydroxyl groups is 1. The van der Waals surface area contributed by atoms with E-state index >= 15 is 0 Å². The molecule has 1 aliphatic rings. The van der Waals surface area contributed by atoms with Gasteiger partial charge >= 0.3 is 0 Å². The highest BCUT2D eigenvalue weighted by Crippen LogP contribution is 2.31. The van der Waals surface area contributed by atoms with Crippen molar-refractivity contribution in [3.05, 3.63) is 42.0 Å². The van der Waals surface area contributed by atoms with Crippen LogP contribution in [0.25, 0.3) is 22.6 Å². The fourth-order valence-corrected chi connectivity index (χ4v) is 4.04. The van der Waals surface area contributed by atoms with Crippen LogP contribution >= 0.6 is 0 Å². The number of aromatic nitrogens is 1. The first-order valence-electron chi connectivity index (χ1n) is 8.51. The third-order valence-corrected chi connectivity index (χ3v) is 6.00. The second-order valence-electron chi connectivity index (χ2n) is 6.61. The van der Waals surface area contributed by atoms with Gasteiger partial charge in [0, 0.05) is 37.4 Å². The van der Waals surface area contributed by atoms with Crippen LogP contribution in [0.4, 0.5) is 14.5 Å². The van der Waals surface area contributed by atoms with Gasteiger partial charge in [-0.1, -0.05) is 0 Å². The Morgan fingerprint density at radius 3 is 2.46 bits per heavy atom. The predicted octanol–water partition coefficient (Wildman–Crippen LogP) is 2.56. The van der Waals surface area contributed by atoms with Crippen LogP contribution < -0.4 is 4.90 Å². The van der Waals surface area contributed by atoms with E-state index in [4.69, 9.17) is 4.42 Å². The summed E-state index contributed by atoms with van der Waals surface area (Å²) in [6.45, 7) is 1.88. The van der Waals surface area contributed by atoms with Gasteiger partial charge in [-0.05, 0) is 30.3 Å². The largest absolute Gasteiger partial charge is 0.505 e. The van der Waals surface area contributed by atoms with Gasteiger partial charge in [-0.15, -0.1) is 0 Å². The number of fused-ring (bicyclic) bond motifs is 1. The molecule has 1 aromatic heterocycles. The average Bonchev–Trinajstić information content (AvgIpc) is 3.08. The van der Waals surface area contributed by atoms with Gasteiger partial charge in [-0.25, -0.2) is 17.8 Å². The summed E-state index contributed by atoms with van der Waals surface area (Å²) < 4.78 is 57.1. The average molecular weight is 409 g/mol. The summed E-state index contributed by atoms with van der Waals surface area (Å²) in [5.41, 5.74) is 1.95. The Hall–Kier alpha value is -2.72. The molecule has 0 spiro atoms. The topological polar surface area (TPSA) is 86.9 Å². The quantitative estimate of drug-likeness (QED) is 0.716. The molecule has 0 saturated carbocycles. The normalized spacial score (nSPS) is 16.0. The zero-order valence-electron chi connectivity index (χ0n) is 14.9. The smallest absolute Gasteiger partial charge is 0.227 e. The molecule has 1 N–H and O–H groups in total. The van der Waals surface area contributed by atoms with Crippen molar-refractivity contribution in [1.29, 1.82) is 0 Å². The molecule has 1 aliphatic heterocycles. The van der Waals surface area contributed by atoms with E-state index in [-0.39, 0.29) is 11.5 Å². The van der Waals surface area contributed by atoms with Crippen molar-refractivity contribution in [3.63, 3.8) is 0 Å². The van der Waals surface area contributed by atoms with Gasteiger partial charge in [0.05, 0.1) is 6.26 Å². The summed E-state index contributed by atoms with van der Waals surface area (Å²) in [5.74, 6) is -3.28. The van der Waals surface area contributed by atoms with Crippen molar-refractivity contribution in [2.24, 2.45) is 0 Å². The van der Waals surface area contributed by atoms with Gasteiger partial charge in [-0.3, -0.25) is 0 Å². The molecule has 0 atom stereocenters. The van der Waals surface area contributed by atoms with Crippen LogP contribution in [0.15, 0.2) is 34.7 Å². The number of nitrogens with zero attached hydrogens (tertiary/aromatic N) is 3.